The van der Waals surface area contributed by atoms with Crippen LogP contribution in [0.25, 0.3) is 0 Å². The molecule has 2 radical (unpaired) electrons. The third kappa shape index (κ3) is 7.52. The van der Waals surface area contributed by atoms with Gasteiger partial charge in [0, 0.05) is 0 Å². The molecule has 0 saturated heterocycles. The Balaban J connectivity index is 1.36. The summed E-state index contributed by atoms with van der Waals surface area (Å²) < 4.78 is 0. The highest BCUT2D eigenvalue weighted by molar-refractivity contribution is 6.08. The average molecular weight is 453 g/mol. The second kappa shape index (κ2) is 14.0. The minimum absolute atomic E-state index is 0.821. The first kappa shape index (κ1) is 26.1. The molecule has 0 aromatic heterocycles. The Labute approximate surface area is 209 Å². The molecule has 0 aliphatic heterocycles. The Morgan fingerprint density at radius 1 is 0.606 bits per heavy atom. The summed E-state index contributed by atoms with van der Waals surface area (Å²) in [5.41, 5.74) is 0. The maximum absolute atomic E-state index is 6.46. The maximum Gasteiger partial charge on any atom is 0.0656 e. The minimum atomic E-state index is 0.821. The van der Waals surface area contributed by atoms with Crippen LogP contribution < -0.4 is 0 Å². The van der Waals surface area contributed by atoms with Gasteiger partial charge >= 0.3 is 0 Å². The second-order valence-corrected chi connectivity index (χ2v) is 13.3. The lowest BCUT2D eigenvalue weighted by molar-refractivity contribution is 0.0784. The molecule has 4 aliphatic carbocycles. The molecule has 4 rings (SSSR count). The molecule has 0 aromatic rings. The lowest BCUT2D eigenvalue weighted by Gasteiger charge is -2.43. The van der Waals surface area contributed by atoms with Crippen molar-refractivity contribution in [1.82, 2.24) is 0 Å². The van der Waals surface area contributed by atoms with Crippen molar-refractivity contribution >= 4 is 7.85 Å². The molecule has 0 spiro atoms. The molecule has 0 N–H and O–H groups in total. The van der Waals surface area contributed by atoms with Gasteiger partial charge in [0.2, 0.25) is 0 Å². The highest BCUT2D eigenvalue weighted by atomic mass is 14.4. The molecular weight excluding hydrogens is 395 g/mol. The zero-order valence-corrected chi connectivity index (χ0v) is 22.5. The van der Waals surface area contributed by atoms with Crippen molar-refractivity contribution in [3.8, 4) is 0 Å². The fraction of sp³-hybridized carbons (Fsp3) is 1.00. The lowest BCUT2D eigenvalue weighted by Crippen LogP contribution is -2.33. The van der Waals surface area contributed by atoms with Crippen LogP contribution in [0, 0.1) is 47.3 Å². The molecule has 7 atom stereocenters. The Morgan fingerprint density at radius 3 is 1.97 bits per heavy atom. The average Bonchev–Trinajstić information content (AvgIpc) is 3.26. The molecule has 0 heterocycles. The normalized spacial score (nSPS) is 38.3. The van der Waals surface area contributed by atoms with E-state index in [0.29, 0.717) is 0 Å². The largest absolute Gasteiger partial charge is 0.0856 e. The van der Waals surface area contributed by atoms with Crippen LogP contribution in [-0.2, 0) is 0 Å². The zero-order chi connectivity index (χ0) is 22.9. The number of rotatable bonds is 8. The molecular formula is C32H57B. The molecule has 33 heavy (non-hydrogen) atoms. The van der Waals surface area contributed by atoms with E-state index in [9.17, 15) is 0 Å². The minimum Gasteiger partial charge on any atom is -0.0856 e. The molecule has 0 amide bonds. The predicted molar refractivity (Wildman–Crippen MR) is 146 cm³/mol. The van der Waals surface area contributed by atoms with E-state index in [2.05, 4.69) is 6.92 Å². The van der Waals surface area contributed by atoms with Crippen LogP contribution in [0.5, 0.6) is 0 Å². The molecule has 0 nitrogen and oxygen atoms in total. The van der Waals surface area contributed by atoms with E-state index < -0.39 is 0 Å². The van der Waals surface area contributed by atoms with Gasteiger partial charge in [-0.1, -0.05) is 129 Å². The van der Waals surface area contributed by atoms with Gasteiger partial charge in [0.1, 0.15) is 0 Å². The van der Waals surface area contributed by atoms with E-state index >= 15 is 0 Å². The Bertz CT molecular complexity index is 523. The summed E-state index contributed by atoms with van der Waals surface area (Å²) in [6.07, 6.45) is 34.3. The van der Waals surface area contributed by atoms with Crippen LogP contribution in [0.3, 0.4) is 0 Å². The van der Waals surface area contributed by atoms with Gasteiger partial charge in [-0.15, -0.1) is 0 Å². The predicted octanol–water partition coefficient (Wildman–Crippen LogP) is 10.2. The molecule has 4 fully saturated rings. The number of hydrogen-bond acceptors (Lipinski definition) is 0. The standard InChI is InChI=1S/C32H57B/c1-2-25-13-9-14-27(21-19-25)31-17-7-4-8-18-32(31)29-16-10-15-28(23-29)30(24-33)22-20-26-11-5-3-6-12-26/h25-32H,2-24H2,1H3. The highest BCUT2D eigenvalue weighted by Gasteiger charge is 2.39. The van der Waals surface area contributed by atoms with E-state index in [-0.39, 0.29) is 0 Å². The first-order valence-corrected chi connectivity index (χ1v) is 16.0. The van der Waals surface area contributed by atoms with E-state index in [1.54, 1.807) is 32.1 Å². The van der Waals surface area contributed by atoms with Crippen molar-refractivity contribution in [2.75, 3.05) is 0 Å². The van der Waals surface area contributed by atoms with E-state index in [0.717, 1.165) is 53.7 Å². The van der Waals surface area contributed by atoms with Gasteiger partial charge in [0.25, 0.3) is 0 Å². The quantitative estimate of drug-likeness (QED) is 0.254. The monoisotopic (exact) mass is 452 g/mol. The van der Waals surface area contributed by atoms with Crippen molar-refractivity contribution in [2.24, 2.45) is 47.3 Å². The first-order valence-electron chi connectivity index (χ1n) is 16.0. The van der Waals surface area contributed by atoms with Crippen LogP contribution in [0.1, 0.15) is 148 Å². The van der Waals surface area contributed by atoms with Crippen molar-refractivity contribution in [3.05, 3.63) is 0 Å². The van der Waals surface area contributed by atoms with Crippen molar-refractivity contribution in [1.29, 1.82) is 0 Å². The van der Waals surface area contributed by atoms with Gasteiger partial charge in [0.15, 0.2) is 0 Å². The van der Waals surface area contributed by atoms with E-state index in [1.807, 2.05) is 0 Å². The van der Waals surface area contributed by atoms with Gasteiger partial charge in [-0.2, -0.15) is 0 Å². The van der Waals surface area contributed by atoms with Crippen molar-refractivity contribution in [2.45, 2.75) is 155 Å². The molecule has 4 aliphatic rings. The summed E-state index contributed by atoms with van der Waals surface area (Å²) in [6, 6.07) is 0. The van der Waals surface area contributed by atoms with Gasteiger partial charge in [-0.3, -0.25) is 0 Å². The lowest BCUT2D eigenvalue weighted by atomic mass is 9.62. The first-order chi connectivity index (χ1) is 16.3. The van der Waals surface area contributed by atoms with Crippen LogP contribution >= 0.6 is 0 Å². The van der Waals surface area contributed by atoms with Crippen LogP contribution in [-0.4, -0.2) is 7.85 Å². The number of hydrogen-bond donors (Lipinski definition) is 0. The molecule has 4 saturated carbocycles. The molecule has 0 aromatic carbocycles. The smallest absolute Gasteiger partial charge is 0.0656 e. The van der Waals surface area contributed by atoms with Gasteiger partial charge in [0.05, 0.1) is 7.85 Å². The second-order valence-electron chi connectivity index (χ2n) is 13.3. The summed E-state index contributed by atoms with van der Waals surface area (Å²) in [4.78, 5) is 0. The van der Waals surface area contributed by atoms with Crippen LogP contribution in [0.15, 0.2) is 0 Å². The van der Waals surface area contributed by atoms with Gasteiger partial charge in [-0.05, 0) is 73.0 Å². The zero-order valence-electron chi connectivity index (χ0n) is 22.5. The third-order valence-corrected chi connectivity index (χ3v) is 11.4. The van der Waals surface area contributed by atoms with E-state index in [4.69, 9.17) is 7.85 Å². The van der Waals surface area contributed by atoms with E-state index in [1.165, 1.54) is 109 Å². The Kier molecular flexibility index (Phi) is 11.1. The Morgan fingerprint density at radius 2 is 1.24 bits per heavy atom. The fourth-order valence-electron chi connectivity index (χ4n) is 9.33. The fourth-order valence-corrected chi connectivity index (χ4v) is 9.33. The Hall–Kier alpha value is 0.0649. The summed E-state index contributed by atoms with van der Waals surface area (Å²) in [5, 5.41) is 0. The van der Waals surface area contributed by atoms with Crippen LogP contribution in [0.2, 0.25) is 6.32 Å². The molecule has 0 bridgehead atoms. The topological polar surface area (TPSA) is 0 Å². The van der Waals surface area contributed by atoms with Gasteiger partial charge in [-0.25, -0.2) is 0 Å². The van der Waals surface area contributed by atoms with Crippen molar-refractivity contribution < 1.29 is 0 Å². The third-order valence-electron chi connectivity index (χ3n) is 11.4. The molecule has 1 heteroatoms. The maximum atomic E-state index is 6.46. The summed E-state index contributed by atoms with van der Waals surface area (Å²) in [5.74, 6) is 8.03. The summed E-state index contributed by atoms with van der Waals surface area (Å²) in [6.45, 7) is 2.43. The SMILES string of the molecule is [B]CC(CCC1CCCCC1)C1CCCC(C2CCCCCC2C2CCCC(CC)CC2)C1. The van der Waals surface area contributed by atoms with Crippen LogP contribution in [0.4, 0.5) is 0 Å². The molecule has 7 unspecified atom stereocenters. The van der Waals surface area contributed by atoms with Crippen molar-refractivity contribution in [3.63, 3.8) is 0 Å². The highest BCUT2D eigenvalue weighted by Crippen LogP contribution is 2.49. The molecule has 188 valence electrons. The summed E-state index contributed by atoms with van der Waals surface area (Å²) >= 11 is 0. The summed E-state index contributed by atoms with van der Waals surface area (Å²) in [7, 11) is 6.46. The van der Waals surface area contributed by atoms with Gasteiger partial charge < -0.3 is 0 Å².